The molecule has 0 radical (unpaired) electrons. The number of hydrogen-bond acceptors (Lipinski definition) is 4. The number of fused-ring (bicyclic) bond motifs is 1. The van der Waals surface area contributed by atoms with Crippen molar-refractivity contribution in [2.75, 3.05) is 5.32 Å². The van der Waals surface area contributed by atoms with Crippen molar-refractivity contribution in [1.82, 2.24) is 20.2 Å². The molecule has 0 spiro atoms. The van der Waals surface area contributed by atoms with Gasteiger partial charge in [-0.3, -0.25) is 5.10 Å². The molecular formula is C25H32FN5S. The third-order valence-electron chi connectivity index (χ3n) is 5.29. The monoisotopic (exact) mass is 453 g/mol. The van der Waals surface area contributed by atoms with Crippen LogP contribution in [0.5, 0.6) is 0 Å². The maximum Gasteiger partial charge on any atom is 0.176 e. The Balaban J connectivity index is 0.00000141. The normalized spacial score (nSPS) is 10.9. The number of rotatable bonds is 9. The molecular weight excluding hydrogens is 421 g/mol. The fraction of sp³-hybridized carbons (Fsp3) is 0.360. The number of thiophene rings is 1. The Morgan fingerprint density at radius 3 is 2.56 bits per heavy atom. The van der Waals surface area contributed by atoms with Crippen LogP contribution < -0.4 is 5.32 Å². The summed E-state index contributed by atoms with van der Waals surface area (Å²) in [5, 5.41) is 10.5. The van der Waals surface area contributed by atoms with Crippen molar-refractivity contribution in [3.8, 4) is 22.0 Å². The summed E-state index contributed by atoms with van der Waals surface area (Å²) in [5.41, 5.74) is 5.25. The van der Waals surface area contributed by atoms with E-state index >= 15 is 0 Å². The van der Waals surface area contributed by atoms with Crippen LogP contribution in [0.1, 0.15) is 53.4 Å². The summed E-state index contributed by atoms with van der Waals surface area (Å²) in [6.45, 7) is 12.7. The lowest BCUT2D eigenvalue weighted by Gasteiger charge is -2.19. The van der Waals surface area contributed by atoms with E-state index < -0.39 is 0 Å². The smallest absolute Gasteiger partial charge is 0.176 e. The lowest BCUT2D eigenvalue weighted by Crippen LogP contribution is -2.11. The van der Waals surface area contributed by atoms with Crippen LogP contribution in [0, 0.1) is 11.0 Å². The number of H-pyrrole nitrogens is 2. The number of allylic oxidation sites excluding steroid dienone is 1. The van der Waals surface area contributed by atoms with Gasteiger partial charge in [-0.05, 0) is 37.0 Å². The molecule has 0 bridgehead atoms. The first-order chi connectivity index (χ1) is 15.6. The summed E-state index contributed by atoms with van der Waals surface area (Å²) in [5.74, 6) is 1.11. The molecule has 3 aromatic heterocycles. The van der Waals surface area contributed by atoms with Gasteiger partial charge in [-0.2, -0.15) is 9.49 Å². The quantitative estimate of drug-likeness (QED) is 0.240. The minimum Gasteiger partial charge on any atom is -0.356 e. The number of aromatic amines is 2. The molecule has 0 unspecified atom stereocenters. The Kier molecular flexibility index (Phi) is 8.22. The third kappa shape index (κ3) is 5.10. The van der Waals surface area contributed by atoms with Crippen molar-refractivity contribution in [3.63, 3.8) is 0 Å². The van der Waals surface area contributed by atoms with Crippen molar-refractivity contribution in [3.05, 3.63) is 53.9 Å². The van der Waals surface area contributed by atoms with Gasteiger partial charge in [0.05, 0.1) is 22.9 Å². The molecule has 4 rings (SSSR count). The molecule has 170 valence electrons. The molecule has 4 aromatic rings. The van der Waals surface area contributed by atoms with Crippen LogP contribution in [-0.2, 0) is 0 Å². The highest BCUT2D eigenvalue weighted by Gasteiger charge is 2.18. The predicted octanol–water partition coefficient (Wildman–Crippen LogP) is 7.99. The second-order valence-corrected chi connectivity index (χ2v) is 8.51. The molecule has 1 aromatic carbocycles. The highest BCUT2D eigenvalue weighted by atomic mass is 32.1. The summed E-state index contributed by atoms with van der Waals surface area (Å²) in [6.07, 6.45) is 6.23. The first-order valence-electron chi connectivity index (χ1n) is 11.3. The van der Waals surface area contributed by atoms with E-state index in [0.717, 1.165) is 75.6 Å². The maximum absolute atomic E-state index is 13.6. The number of nitrogens with one attached hydrogen (secondary N) is 3. The van der Waals surface area contributed by atoms with Gasteiger partial charge in [-0.15, -0.1) is 11.3 Å². The van der Waals surface area contributed by atoms with Crippen LogP contribution in [0.2, 0.25) is 0 Å². The van der Waals surface area contributed by atoms with Gasteiger partial charge in [-0.25, -0.2) is 4.98 Å². The summed E-state index contributed by atoms with van der Waals surface area (Å²) in [4.78, 5) is 9.04. The number of halogens is 1. The summed E-state index contributed by atoms with van der Waals surface area (Å²) in [7, 11) is 0. The average Bonchev–Trinajstić information content (AvgIpc) is 3.53. The molecule has 32 heavy (non-hydrogen) atoms. The van der Waals surface area contributed by atoms with Gasteiger partial charge in [0.25, 0.3) is 0 Å². The highest BCUT2D eigenvalue weighted by molar-refractivity contribution is 7.14. The molecule has 0 atom stereocenters. The second kappa shape index (κ2) is 11.1. The first kappa shape index (κ1) is 23.7. The van der Waals surface area contributed by atoms with Gasteiger partial charge in [-0.1, -0.05) is 59.2 Å². The largest absolute Gasteiger partial charge is 0.356 e. The van der Waals surface area contributed by atoms with Gasteiger partial charge < -0.3 is 10.3 Å². The minimum atomic E-state index is -0.204. The van der Waals surface area contributed by atoms with E-state index in [9.17, 15) is 4.39 Å². The van der Waals surface area contributed by atoms with E-state index in [1.165, 1.54) is 6.07 Å². The minimum absolute atomic E-state index is 0.204. The fourth-order valence-electron chi connectivity index (χ4n) is 3.83. The van der Waals surface area contributed by atoms with Gasteiger partial charge >= 0.3 is 0 Å². The topological polar surface area (TPSA) is 69.4 Å². The Morgan fingerprint density at radius 2 is 1.91 bits per heavy atom. The van der Waals surface area contributed by atoms with E-state index in [1.54, 1.807) is 12.3 Å². The summed E-state index contributed by atoms with van der Waals surface area (Å²) < 4.78 is 13.6. The van der Waals surface area contributed by atoms with Gasteiger partial charge in [0.15, 0.2) is 11.0 Å². The van der Waals surface area contributed by atoms with Crippen molar-refractivity contribution in [2.24, 2.45) is 5.92 Å². The molecule has 5 nitrogen and oxygen atoms in total. The molecule has 0 saturated carbocycles. The van der Waals surface area contributed by atoms with Crippen molar-refractivity contribution in [1.29, 1.82) is 0 Å². The van der Waals surface area contributed by atoms with E-state index in [-0.39, 0.29) is 5.13 Å². The molecule has 7 heteroatoms. The number of nitrogens with zero attached hydrogens (tertiary/aromatic N) is 2. The van der Waals surface area contributed by atoms with Crippen LogP contribution in [0.25, 0.3) is 33.0 Å². The molecule has 3 heterocycles. The van der Waals surface area contributed by atoms with Crippen LogP contribution in [0.4, 0.5) is 10.1 Å². The Morgan fingerprint density at radius 1 is 1.16 bits per heavy atom. The van der Waals surface area contributed by atoms with E-state index in [4.69, 9.17) is 4.98 Å². The Labute approximate surface area is 193 Å². The Bertz CT molecular complexity index is 1150. The zero-order valence-corrected chi connectivity index (χ0v) is 20.1. The lowest BCUT2D eigenvalue weighted by molar-refractivity contribution is 0.508. The fourth-order valence-corrected chi connectivity index (χ4v) is 4.59. The van der Waals surface area contributed by atoms with Crippen molar-refractivity contribution >= 4 is 28.1 Å². The maximum atomic E-state index is 13.6. The van der Waals surface area contributed by atoms with Gasteiger partial charge in [0.2, 0.25) is 0 Å². The van der Waals surface area contributed by atoms with E-state index in [0.29, 0.717) is 11.7 Å². The van der Waals surface area contributed by atoms with Crippen LogP contribution in [0.15, 0.2) is 48.8 Å². The average molecular weight is 454 g/mol. The summed E-state index contributed by atoms with van der Waals surface area (Å²) >= 11 is 1.12. The Hall–Kier alpha value is -2.93. The number of aromatic nitrogens is 4. The highest BCUT2D eigenvalue weighted by Crippen LogP contribution is 2.35. The second-order valence-electron chi connectivity index (χ2n) is 7.47. The van der Waals surface area contributed by atoms with Gasteiger partial charge in [0, 0.05) is 16.1 Å². The number of imidazole rings is 1. The molecule has 0 aliphatic carbocycles. The predicted molar refractivity (Wildman–Crippen MR) is 134 cm³/mol. The van der Waals surface area contributed by atoms with E-state index in [2.05, 4.69) is 40.9 Å². The molecule has 0 aliphatic rings. The molecule has 0 fully saturated rings. The third-order valence-corrected chi connectivity index (χ3v) is 6.20. The zero-order valence-electron chi connectivity index (χ0n) is 19.3. The number of hydrogen-bond donors (Lipinski definition) is 3. The number of para-hydroxylation sites is 1. The lowest BCUT2D eigenvalue weighted by atomic mass is 9.95. The number of anilines is 1. The zero-order chi connectivity index (χ0) is 23.1. The van der Waals surface area contributed by atoms with Crippen LogP contribution in [0.3, 0.4) is 0 Å². The molecule has 0 aliphatic heterocycles. The van der Waals surface area contributed by atoms with Gasteiger partial charge in [0.1, 0.15) is 5.69 Å². The van der Waals surface area contributed by atoms with E-state index in [1.807, 2.05) is 32.0 Å². The summed E-state index contributed by atoms with van der Waals surface area (Å²) in [6, 6.07) is 9.16. The van der Waals surface area contributed by atoms with Crippen molar-refractivity contribution < 1.29 is 4.39 Å². The molecule has 0 saturated heterocycles. The first-order valence-corrected chi connectivity index (χ1v) is 12.2. The standard InChI is InChI=1S/C23H26FN5S.C2H6/c1-4-7-15(8-5-2)14(3)26-18-13-25-29-22(18)23-27-17-10-6-9-16(21(17)28-23)19-11-12-20(24)30-19;1-2/h6,9-13,15,26H,3-5,7-8H2,1-2H3,(H,25,29)(H,27,28);1-2H3. The number of benzene rings is 1. The van der Waals surface area contributed by atoms with Crippen LogP contribution >= 0.6 is 11.3 Å². The molecule has 3 N–H and O–H groups in total. The SMILES string of the molecule is C=C(Nc1cn[nH]c1-c1nc2c(-c3ccc(F)s3)cccc2[nH]1)C(CCC)CCC.CC. The van der Waals surface area contributed by atoms with Crippen molar-refractivity contribution in [2.45, 2.75) is 53.4 Å². The molecule has 0 amide bonds. The van der Waals surface area contributed by atoms with Crippen LogP contribution in [-0.4, -0.2) is 20.2 Å².